The number of para-hydroxylation sites is 5. The largest absolute Gasteiger partial charge is 0.370 e. The van der Waals surface area contributed by atoms with Gasteiger partial charge in [-0.3, -0.25) is 48.6 Å². The predicted molar refractivity (Wildman–Crippen MR) is 400 cm³/mol. The van der Waals surface area contributed by atoms with Crippen LogP contribution in [0, 0.1) is 5.41 Å². The van der Waals surface area contributed by atoms with Crippen molar-refractivity contribution in [3.63, 3.8) is 0 Å². The van der Waals surface area contributed by atoms with Crippen LogP contribution in [0.3, 0.4) is 0 Å². The maximum atomic E-state index is 15.7. The predicted octanol–water partition coefficient (Wildman–Crippen LogP) is 3.70. The smallest absolute Gasteiger partial charge is 0.246 e. The Morgan fingerprint density at radius 1 is 0.419 bits per heavy atom. The Labute approximate surface area is 604 Å². The maximum absolute atomic E-state index is 15.7. The number of unbranched alkanes of at least 4 members (excludes halogenated alkanes) is 1. The quantitative estimate of drug-likeness (QED) is 0.0159. The van der Waals surface area contributed by atoms with Gasteiger partial charge in [0.05, 0.1) is 6.04 Å². The van der Waals surface area contributed by atoms with Crippen LogP contribution in [-0.4, -0.2) is 174 Å². The van der Waals surface area contributed by atoms with Gasteiger partial charge in [-0.2, -0.15) is 0 Å². The summed E-state index contributed by atoms with van der Waals surface area (Å²) in [5, 5.41) is 31.9. The van der Waals surface area contributed by atoms with Crippen molar-refractivity contribution in [1.29, 1.82) is 5.41 Å². The minimum atomic E-state index is -1.38. The molecule has 21 N–H and O–H groups in total. The van der Waals surface area contributed by atoms with E-state index in [1.54, 1.807) is 24.8 Å². The number of aromatic amines is 5. The normalized spacial score (nSPS) is 16.5. The van der Waals surface area contributed by atoms with Crippen LogP contribution < -0.4 is 60.2 Å². The van der Waals surface area contributed by atoms with Gasteiger partial charge in [-0.05, 0) is 129 Å². The lowest BCUT2D eigenvalue weighted by molar-refractivity contribution is -0.143. The Morgan fingerprint density at radius 2 is 0.752 bits per heavy atom. The standard InChI is InChI=1S/C77H91N19O9/c78-30-12-11-26-61(90-69(98)54(79)34-44-39-84-55-21-6-1-16-49(44)55)70(99)93-64(37-47-42-87-58-24-9-4-19-52(47)58)75(104)95-32-14-29-67(95)74(103)92-63(36-46-41-86-57-23-8-3-18-51(46)57)72(101)94-65(38-48-43-88-59-25-10-5-20-53(48)59)76(105)96-33-15-28-66(96)73(102)91-62(35-45-40-85-56-22-7-2-17-50(45)56)71(100)89-60(68(80)97)27-13-31-83-77(81)82/h1-10,16-25,39-43,54,60-67,84-88H,11-15,26-38,78-79H2,(H2,80,97)(H,89,100)(H,90,98)(H,91,102)(H,92,103)(H,93,99)(H,94,101)(H4,81,82,83)/t54-,60-,61-,62-,63-,64-,65-,66-,67-/m0/s1. The summed E-state index contributed by atoms with van der Waals surface area (Å²) in [6, 6.07) is 26.7. The third kappa shape index (κ3) is 17.3. The average molecular weight is 1430 g/mol. The topological polar surface area (TPSA) is 451 Å². The van der Waals surface area contributed by atoms with Gasteiger partial charge in [-0.25, -0.2) is 0 Å². The van der Waals surface area contributed by atoms with Gasteiger partial charge in [-0.1, -0.05) is 91.0 Å². The Kier molecular flexibility index (Phi) is 23.3. The first-order valence-electron chi connectivity index (χ1n) is 35.9. The van der Waals surface area contributed by atoms with E-state index in [9.17, 15) is 19.2 Å². The van der Waals surface area contributed by atoms with Crippen LogP contribution in [0.25, 0.3) is 54.5 Å². The van der Waals surface area contributed by atoms with E-state index in [1.807, 2.05) is 128 Å². The van der Waals surface area contributed by atoms with Crippen molar-refractivity contribution < 1.29 is 43.2 Å². The van der Waals surface area contributed by atoms with Crippen LogP contribution in [-0.2, 0) is 75.3 Å². The molecule has 2 aliphatic heterocycles. The van der Waals surface area contributed by atoms with Crippen LogP contribution in [0.15, 0.2) is 152 Å². The van der Waals surface area contributed by atoms with Crippen molar-refractivity contribution in [2.75, 3.05) is 26.2 Å². The second kappa shape index (κ2) is 33.6. The highest BCUT2D eigenvalue weighted by Crippen LogP contribution is 2.29. The number of aromatic nitrogens is 5. The van der Waals surface area contributed by atoms with E-state index in [2.05, 4.69) is 62.1 Å². The van der Waals surface area contributed by atoms with Crippen molar-refractivity contribution in [3.8, 4) is 0 Å². The number of benzene rings is 5. The van der Waals surface area contributed by atoms with Crippen molar-refractivity contribution >= 4 is 114 Å². The van der Waals surface area contributed by atoms with Gasteiger partial charge in [0, 0.05) is 131 Å². The molecule has 9 atom stereocenters. The fourth-order valence-corrected chi connectivity index (χ4v) is 14.7. The highest BCUT2D eigenvalue weighted by molar-refractivity contribution is 6.01. The molecule has 105 heavy (non-hydrogen) atoms. The molecule has 548 valence electrons. The van der Waals surface area contributed by atoms with Crippen LogP contribution in [0.4, 0.5) is 0 Å². The lowest BCUT2D eigenvalue weighted by Gasteiger charge is -2.32. The van der Waals surface area contributed by atoms with Gasteiger partial charge < -0.3 is 94.9 Å². The van der Waals surface area contributed by atoms with Gasteiger partial charge in [0.25, 0.3) is 0 Å². The monoisotopic (exact) mass is 1430 g/mol. The van der Waals surface area contributed by atoms with E-state index in [4.69, 9.17) is 28.3 Å². The number of nitrogens with zero attached hydrogens (tertiary/aromatic N) is 2. The third-order valence-corrected chi connectivity index (χ3v) is 20.2. The fraction of sp³-hybridized carbons (Fsp3) is 0.351. The summed E-state index contributed by atoms with van der Waals surface area (Å²) in [5.41, 5.74) is 31.3. The van der Waals surface area contributed by atoms with E-state index < -0.39 is 108 Å². The summed E-state index contributed by atoms with van der Waals surface area (Å²) in [6.07, 6.45) is 11.5. The highest BCUT2D eigenvalue weighted by atomic mass is 16.2. The van der Waals surface area contributed by atoms with Crippen molar-refractivity contribution in [2.45, 2.75) is 144 Å². The van der Waals surface area contributed by atoms with Gasteiger partial charge in [0.2, 0.25) is 53.2 Å². The molecule has 2 fully saturated rings. The van der Waals surface area contributed by atoms with Gasteiger partial charge in [0.1, 0.15) is 48.3 Å². The molecule has 0 radical (unpaired) electrons. The summed E-state index contributed by atoms with van der Waals surface area (Å²) in [6.45, 7) is 0.781. The minimum Gasteiger partial charge on any atom is -0.370 e. The zero-order chi connectivity index (χ0) is 73.7. The highest BCUT2D eigenvalue weighted by Gasteiger charge is 2.43. The minimum absolute atomic E-state index is 0.0126. The molecule has 0 saturated carbocycles. The number of rotatable bonds is 33. The number of nitrogens with two attached hydrogens (primary N) is 4. The molecule has 0 spiro atoms. The summed E-state index contributed by atoms with van der Waals surface area (Å²) in [7, 11) is 0. The number of fused-ring (bicyclic) bond motifs is 5. The Bertz CT molecular complexity index is 4820. The van der Waals surface area contributed by atoms with Gasteiger partial charge >= 0.3 is 0 Å². The van der Waals surface area contributed by atoms with Crippen molar-refractivity contribution in [3.05, 3.63) is 180 Å². The Morgan fingerprint density at radius 3 is 1.12 bits per heavy atom. The van der Waals surface area contributed by atoms with Crippen LogP contribution >= 0.6 is 0 Å². The Hall–Kier alpha value is -11.8. The third-order valence-electron chi connectivity index (χ3n) is 20.2. The second-order valence-corrected chi connectivity index (χ2v) is 27.3. The lowest BCUT2D eigenvalue weighted by Crippen LogP contribution is -2.61. The second-order valence-electron chi connectivity index (χ2n) is 27.3. The summed E-state index contributed by atoms with van der Waals surface area (Å²) in [5.74, 6) is -6.23. The molecule has 7 heterocycles. The van der Waals surface area contributed by atoms with Crippen molar-refractivity contribution in [2.24, 2.45) is 22.9 Å². The first-order chi connectivity index (χ1) is 50.9. The summed E-state index contributed by atoms with van der Waals surface area (Å²) in [4.78, 5) is 153. The first kappa shape index (κ1) is 73.0. The first-order valence-corrected chi connectivity index (χ1v) is 35.9. The molecule has 28 nitrogen and oxygen atoms in total. The summed E-state index contributed by atoms with van der Waals surface area (Å²) < 4.78 is 0. The molecule has 5 aromatic heterocycles. The number of likely N-dealkylation sites (tertiary alicyclic amines) is 2. The van der Waals surface area contributed by atoms with E-state index in [-0.39, 0.29) is 83.4 Å². The van der Waals surface area contributed by atoms with Gasteiger partial charge in [0.15, 0.2) is 5.96 Å². The number of guanidine groups is 1. The van der Waals surface area contributed by atoms with E-state index >= 15 is 24.0 Å². The number of primary amides is 1. The molecule has 9 amide bonds. The van der Waals surface area contributed by atoms with Crippen LogP contribution in [0.1, 0.15) is 85.6 Å². The number of carbonyl (C=O) groups excluding carboxylic acids is 9. The van der Waals surface area contributed by atoms with Crippen molar-refractivity contribution in [1.82, 2.24) is 71.9 Å². The fourth-order valence-electron chi connectivity index (χ4n) is 14.7. The number of hydrogen-bond acceptors (Lipinski definition) is 12. The molecule has 2 saturated heterocycles. The van der Waals surface area contributed by atoms with E-state index in [1.165, 1.54) is 9.80 Å². The number of nitrogens with one attached hydrogen (secondary N) is 13. The SMILES string of the molecule is N=C(N)NCCC[C@H](NC(=O)[C@H](Cc1c[nH]c2ccccc12)NC(=O)[C@@H]1CCCN1C(=O)[C@H](Cc1c[nH]c2ccccc12)NC(=O)[C@H](Cc1c[nH]c2ccccc12)NC(=O)[C@@H]1CCCN1C(=O)[C@H](Cc1c[nH]c2ccccc12)NC(=O)[C@H](CCCCN)NC(=O)[C@@H](N)Cc1c[nH]c2ccccc12)C(N)=O. The number of hydrogen-bond donors (Lipinski definition) is 17. The summed E-state index contributed by atoms with van der Waals surface area (Å²) >= 11 is 0. The zero-order valence-corrected chi connectivity index (χ0v) is 58.2. The van der Waals surface area contributed by atoms with Crippen LogP contribution in [0.5, 0.6) is 0 Å². The average Bonchev–Trinajstić information content (AvgIpc) is 1.69. The Balaban J connectivity index is 0.809. The molecule has 0 aliphatic carbocycles. The maximum Gasteiger partial charge on any atom is 0.246 e. The molecule has 10 aromatic rings. The number of amides is 9. The zero-order valence-electron chi connectivity index (χ0n) is 58.2. The molecular formula is C77H91N19O9. The lowest BCUT2D eigenvalue weighted by atomic mass is 10.00. The molecule has 2 aliphatic rings. The van der Waals surface area contributed by atoms with Crippen LogP contribution in [0.2, 0.25) is 0 Å². The molecule has 28 heteroatoms. The molecular weight excluding hydrogens is 1330 g/mol. The number of carbonyl (C=O) groups is 9. The number of H-pyrrole nitrogens is 5. The van der Waals surface area contributed by atoms with E-state index in [0.717, 1.165) is 60.1 Å². The molecule has 0 bridgehead atoms. The molecule has 12 rings (SSSR count). The molecule has 5 aromatic carbocycles. The van der Waals surface area contributed by atoms with Gasteiger partial charge in [-0.15, -0.1) is 0 Å². The van der Waals surface area contributed by atoms with E-state index in [0.29, 0.717) is 60.9 Å². The molecule has 0 unspecified atom stereocenters.